The molecule has 1 aromatic carbocycles. The number of halogens is 1. The van der Waals surface area contributed by atoms with Crippen LogP contribution in [0.1, 0.15) is 24.6 Å². The van der Waals surface area contributed by atoms with Gasteiger partial charge in [-0.15, -0.1) is 11.3 Å². The van der Waals surface area contributed by atoms with Gasteiger partial charge in [0.15, 0.2) is 10.8 Å². The van der Waals surface area contributed by atoms with E-state index in [2.05, 4.69) is 20.3 Å². The smallest absolute Gasteiger partial charge is 0.319 e. The Balaban J connectivity index is 1.59. The fraction of sp³-hybridized carbons (Fsp3) is 0.211. The molecule has 2 aromatic heterocycles. The lowest BCUT2D eigenvalue weighted by Crippen LogP contribution is -2.43. The summed E-state index contributed by atoms with van der Waals surface area (Å²) < 4.78 is 0. The minimum Gasteiger partial charge on any atom is -0.319 e. The zero-order valence-electron chi connectivity index (χ0n) is 14.9. The number of hydrogen-bond donors (Lipinski definition) is 1. The summed E-state index contributed by atoms with van der Waals surface area (Å²) in [6, 6.07) is 8.24. The van der Waals surface area contributed by atoms with E-state index in [4.69, 9.17) is 11.6 Å². The third-order valence-corrected chi connectivity index (χ3v) is 5.81. The largest absolute Gasteiger partial charge is 0.325 e. The number of amides is 3. The van der Waals surface area contributed by atoms with Crippen molar-refractivity contribution in [2.45, 2.75) is 25.4 Å². The number of benzene rings is 1. The van der Waals surface area contributed by atoms with Crippen molar-refractivity contribution in [1.29, 1.82) is 0 Å². The summed E-state index contributed by atoms with van der Waals surface area (Å²) in [6.45, 7) is 1.95. The molecule has 1 unspecified atom stereocenters. The second kappa shape index (κ2) is 7.29. The molecule has 0 radical (unpaired) electrons. The molecule has 1 N–H and O–H groups in total. The van der Waals surface area contributed by atoms with E-state index < -0.39 is 11.6 Å². The molecule has 28 heavy (non-hydrogen) atoms. The molecule has 0 spiro atoms. The van der Waals surface area contributed by atoms with E-state index in [1.165, 1.54) is 16.2 Å². The number of urea groups is 1. The first-order chi connectivity index (χ1) is 13.5. The normalized spacial score (nSPS) is 19.1. The standard InChI is InChI=1S/C19H16ClN5O2S/c1-2-19(12-4-6-13(20)7-5-12)17(26)25(18(27)24-19)10-14-11-28-16(23-14)15-21-8-3-9-22-15/h3-9,11H,2,10H2,1H3,(H,24,27). The second-order valence-electron chi connectivity index (χ2n) is 6.30. The predicted molar refractivity (Wildman–Crippen MR) is 106 cm³/mol. The Morgan fingerprint density at radius 2 is 1.89 bits per heavy atom. The van der Waals surface area contributed by atoms with Gasteiger partial charge in [0.1, 0.15) is 5.54 Å². The average Bonchev–Trinajstić information content (AvgIpc) is 3.28. The molecular formula is C19H16ClN5O2S. The topological polar surface area (TPSA) is 88.1 Å². The van der Waals surface area contributed by atoms with Gasteiger partial charge in [-0.3, -0.25) is 9.69 Å². The molecule has 7 nitrogen and oxygen atoms in total. The molecule has 142 valence electrons. The van der Waals surface area contributed by atoms with Crippen molar-refractivity contribution >= 4 is 34.9 Å². The molecule has 1 atom stereocenters. The first-order valence-electron chi connectivity index (χ1n) is 8.65. The zero-order valence-corrected chi connectivity index (χ0v) is 16.5. The van der Waals surface area contributed by atoms with Crippen LogP contribution in [-0.4, -0.2) is 31.8 Å². The van der Waals surface area contributed by atoms with Gasteiger partial charge in [-0.1, -0.05) is 30.7 Å². The number of rotatable bonds is 5. The molecule has 3 aromatic rings. The van der Waals surface area contributed by atoms with Gasteiger partial charge in [-0.2, -0.15) is 0 Å². The molecule has 0 bridgehead atoms. The van der Waals surface area contributed by atoms with Crippen LogP contribution in [0.2, 0.25) is 5.02 Å². The Kier molecular flexibility index (Phi) is 4.82. The van der Waals surface area contributed by atoms with Crippen molar-refractivity contribution in [2.75, 3.05) is 0 Å². The highest BCUT2D eigenvalue weighted by Crippen LogP contribution is 2.34. The molecule has 1 fully saturated rings. The van der Waals surface area contributed by atoms with Crippen molar-refractivity contribution in [3.8, 4) is 10.8 Å². The molecule has 9 heteroatoms. The van der Waals surface area contributed by atoms with Crippen LogP contribution >= 0.6 is 22.9 Å². The summed E-state index contributed by atoms with van der Waals surface area (Å²) in [6.07, 6.45) is 3.71. The van der Waals surface area contributed by atoms with Gasteiger partial charge in [0.05, 0.1) is 12.2 Å². The van der Waals surface area contributed by atoms with E-state index in [1.807, 2.05) is 6.92 Å². The van der Waals surface area contributed by atoms with Gasteiger partial charge < -0.3 is 5.32 Å². The number of carbonyl (C=O) groups is 2. The van der Waals surface area contributed by atoms with Crippen LogP contribution in [0.15, 0.2) is 48.1 Å². The monoisotopic (exact) mass is 413 g/mol. The van der Waals surface area contributed by atoms with Crippen LogP contribution in [0.25, 0.3) is 10.8 Å². The highest BCUT2D eigenvalue weighted by atomic mass is 35.5. The number of hydrogen-bond acceptors (Lipinski definition) is 6. The minimum atomic E-state index is -1.09. The van der Waals surface area contributed by atoms with Crippen LogP contribution in [0.3, 0.4) is 0 Å². The predicted octanol–water partition coefficient (Wildman–Crippen LogP) is 3.61. The van der Waals surface area contributed by atoms with E-state index >= 15 is 0 Å². The fourth-order valence-electron chi connectivity index (χ4n) is 3.20. The molecule has 1 aliphatic heterocycles. The lowest BCUT2D eigenvalue weighted by Gasteiger charge is -2.25. The first-order valence-corrected chi connectivity index (χ1v) is 9.91. The van der Waals surface area contributed by atoms with Crippen LogP contribution in [0, 0.1) is 0 Å². The zero-order chi connectivity index (χ0) is 19.7. The lowest BCUT2D eigenvalue weighted by atomic mass is 9.87. The third-order valence-electron chi connectivity index (χ3n) is 4.67. The maximum Gasteiger partial charge on any atom is 0.325 e. The Labute approximate surface area is 170 Å². The van der Waals surface area contributed by atoms with Gasteiger partial charge >= 0.3 is 6.03 Å². The average molecular weight is 414 g/mol. The van der Waals surface area contributed by atoms with Crippen LogP contribution in [-0.2, 0) is 16.9 Å². The summed E-state index contributed by atoms with van der Waals surface area (Å²) in [5, 5.41) is 5.87. The van der Waals surface area contributed by atoms with Crippen LogP contribution in [0.5, 0.6) is 0 Å². The van der Waals surface area contributed by atoms with Gasteiger partial charge in [-0.25, -0.2) is 19.7 Å². The third kappa shape index (κ3) is 3.14. The van der Waals surface area contributed by atoms with Gasteiger partial charge in [-0.05, 0) is 30.2 Å². The van der Waals surface area contributed by atoms with Crippen molar-refractivity contribution in [3.63, 3.8) is 0 Å². The molecule has 3 amide bonds. The summed E-state index contributed by atoms with van der Waals surface area (Å²) in [5.74, 6) is 0.216. The minimum absolute atomic E-state index is 0.0866. The quantitative estimate of drug-likeness (QED) is 0.645. The highest BCUT2D eigenvalue weighted by molar-refractivity contribution is 7.13. The Bertz CT molecular complexity index is 1020. The van der Waals surface area contributed by atoms with Crippen molar-refractivity contribution in [1.82, 2.24) is 25.2 Å². The van der Waals surface area contributed by atoms with E-state index in [0.29, 0.717) is 33.5 Å². The molecular weight excluding hydrogens is 398 g/mol. The number of aromatic nitrogens is 3. The Morgan fingerprint density at radius 1 is 1.18 bits per heavy atom. The van der Waals surface area contributed by atoms with Gasteiger partial charge in [0.2, 0.25) is 0 Å². The second-order valence-corrected chi connectivity index (χ2v) is 7.60. The van der Waals surface area contributed by atoms with E-state index in [-0.39, 0.29) is 12.5 Å². The summed E-state index contributed by atoms with van der Waals surface area (Å²) in [4.78, 5) is 39.8. The lowest BCUT2D eigenvalue weighted by molar-refractivity contribution is -0.132. The number of carbonyl (C=O) groups excluding carboxylic acids is 2. The first kappa shape index (κ1) is 18.5. The van der Waals surface area contributed by atoms with Crippen molar-refractivity contribution in [3.05, 3.63) is 64.4 Å². The molecule has 0 saturated carbocycles. The Hall–Kier alpha value is -2.84. The molecule has 3 heterocycles. The van der Waals surface area contributed by atoms with Crippen molar-refractivity contribution < 1.29 is 9.59 Å². The number of nitrogens with zero attached hydrogens (tertiary/aromatic N) is 4. The van der Waals surface area contributed by atoms with Crippen LogP contribution < -0.4 is 5.32 Å². The highest BCUT2D eigenvalue weighted by Gasteiger charge is 2.51. The van der Waals surface area contributed by atoms with Gasteiger partial charge in [0.25, 0.3) is 5.91 Å². The Morgan fingerprint density at radius 3 is 2.57 bits per heavy atom. The molecule has 1 saturated heterocycles. The van der Waals surface area contributed by atoms with Gasteiger partial charge in [0, 0.05) is 22.8 Å². The summed E-state index contributed by atoms with van der Waals surface area (Å²) >= 11 is 7.33. The molecule has 0 aliphatic carbocycles. The van der Waals surface area contributed by atoms with Crippen molar-refractivity contribution in [2.24, 2.45) is 0 Å². The number of imide groups is 1. The van der Waals surface area contributed by atoms with E-state index in [9.17, 15) is 9.59 Å². The van der Waals surface area contributed by atoms with E-state index in [1.54, 1.807) is 48.1 Å². The maximum absolute atomic E-state index is 13.2. The summed E-state index contributed by atoms with van der Waals surface area (Å²) in [5.41, 5.74) is 0.221. The molecule has 1 aliphatic rings. The van der Waals surface area contributed by atoms with E-state index in [0.717, 1.165) is 0 Å². The SMILES string of the molecule is CCC1(c2ccc(Cl)cc2)NC(=O)N(Cc2csc(-c3ncccn3)n2)C1=O. The number of thiazole rings is 1. The number of nitrogens with one attached hydrogen (secondary N) is 1. The molecule has 4 rings (SSSR count). The fourth-order valence-corrected chi connectivity index (χ4v) is 4.08. The van der Waals surface area contributed by atoms with Crippen LogP contribution in [0.4, 0.5) is 4.79 Å². The summed E-state index contributed by atoms with van der Waals surface area (Å²) in [7, 11) is 0. The maximum atomic E-state index is 13.2.